The molecule has 0 aliphatic rings. The summed E-state index contributed by atoms with van der Waals surface area (Å²) in [4.78, 5) is 12.8. The molecule has 4 nitrogen and oxygen atoms in total. The van der Waals surface area contributed by atoms with Crippen LogP contribution in [0.5, 0.6) is 5.75 Å². The first-order valence-electron chi connectivity index (χ1n) is 10.9. The number of halogens is 2. The van der Waals surface area contributed by atoms with Crippen molar-refractivity contribution in [2.45, 2.75) is 34.1 Å². The maximum absolute atomic E-state index is 12.8. The summed E-state index contributed by atoms with van der Waals surface area (Å²) in [7, 11) is 0. The van der Waals surface area contributed by atoms with Gasteiger partial charge in [-0.2, -0.15) is 5.26 Å². The number of rotatable bonds is 7. The monoisotopic (exact) mass is 584 g/mol. The van der Waals surface area contributed by atoms with E-state index in [0.29, 0.717) is 17.3 Å². The maximum atomic E-state index is 12.8. The Hall–Kier alpha value is -2.82. The number of hydrogen-bond donors (Lipinski definition) is 1. The highest BCUT2D eigenvalue weighted by atomic mass is 127. The minimum absolute atomic E-state index is 0.000294. The maximum Gasteiger partial charge on any atom is 0.266 e. The Bertz CT molecular complexity index is 1290. The molecule has 0 saturated heterocycles. The van der Waals surface area contributed by atoms with Crippen molar-refractivity contribution in [2.75, 3.05) is 11.9 Å². The Morgan fingerprint density at radius 2 is 1.85 bits per heavy atom. The minimum atomic E-state index is -0.486. The van der Waals surface area contributed by atoms with Crippen LogP contribution >= 0.6 is 34.2 Å². The first-order chi connectivity index (χ1) is 16.2. The minimum Gasteiger partial charge on any atom is -0.494 e. The third-order valence-electron chi connectivity index (χ3n) is 5.33. The van der Waals surface area contributed by atoms with Gasteiger partial charge in [0.05, 0.1) is 6.61 Å². The highest BCUT2D eigenvalue weighted by Gasteiger charge is 2.15. The lowest BCUT2D eigenvalue weighted by molar-refractivity contribution is -0.112. The van der Waals surface area contributed by atoms with Crippen LogP contribution in [0.25, 0.3) is 6.08 Å². The summed E-state index contributed by atoms with van der Waals surface area (Å²) >= 11 is 8.44. The lowest BCUT2D eigenvalue weighted by Crippen LogP contribution is -2.14. The molecule has 3 aromatic rings. The molecule has 0 saturated carbocycles. The first kappa shape index (κ1) is 25.8. The molecule has 0 aromatic heterocycles. The van der Waals surface area contributed by atoms with Gasteiger partial charge in [0.15, 0.2) is 0 Å². The average molecular weight is 585 g/mol. The van der Waals surface area contributed by atoms with E-state index in [-0.39, 0.29) is 5.57 Å². The van der Waals surface area contributed by atoms with Crippen LogP contribution in [0, 0.1) is 35.7 Å². The van der Waals surface area contributed by atoms with E-state index in [1.807, 2.05) is 32.0 Å². The van der Waals surface area contributed by atoms with E-state index in [0.717, 1.165) is 32.4 Å². The molecule has 0 aliphatic heterocycles. The zero-order chi connectivity index (χ0) is 24.8. The number of nitriles is 1. The lowest BCUT2D eigenvalue weighted by atomic mass is 9.98. The van der Waals surface area contributed by atoms with Crippen molar-refractivity contribution >= 4 is 51.9 Å². The number of aryl methyl sites for hydroxylation is 2. The molecule has 174 valence electrons. The van der Waals surface area contributed by atoms with Crippen LogP contribution in [0.15, 0.2) is 54.1 Å². The molecule has 3 aromatic carbocycles. The van der Waals surface area contributed by atoms with Gasteiger partial charge in [0.2, 0.25) is 0 Å². The number of anilines is 1. The molecule has 0 bridgehead atoms. The first-order valence-corrected chi connectivity index (χ1v) is 12.4. The summed E-state index contributed by atoms with van der Waals surface area (Å²) in [5.74, 6) is 0.267. The smallest absolute Gasteiger partial charge is 0.266 e. The van der Waals surface area contributed by atoms with Crippen molar-refractivity contribution in [3.63, 3.8) is 0 Å². The Labute approximate surface area is 219 Å². The Morgan fingerprint density at radius 3 is 2.50 bits per heavy atom. The van der Waals surface area contributed by atoms with Crippen molar-refractivity contribution in [1.82, 2.24) is 0 Å². The summed E-state index contributed by atoms with van der Waals surface area (Å²) in [5.41, 5.74) is 6.80. The fourth-order valence-corrected chi connectivity index (χ4v) is 4.78. The standard InChI is InChI=1S/C28H26ClIN2O2/c1-5-34-27-15-21(14-25(30)23(27)13-20-10-17(2)9-18(3)11-20)12-22(16-31)28(33)32-26-8-6-7-24(29)19(26)4/h6-12,14-15H,5,13H2,1-4H3,(H,32,33)/b22-12+. The lowest BCUT2D eigenvalue weighted by Gasteiger charge is -2.15. The van der Waals surface area contributed by atoms with Crippen LogP contribution in [-0.2, 0) is 11.2 Å². The highest BCUT2D eigenvalue weighted by Crippen LogP contribution is 2.31. The summed E-state index contributed by atoms with van der Waals surface area (Å²) in [6.45, 7) is 8.47. The summed E-state index contributed by atoms with van der Waals surface area (Å²) in [6, 6.07) is 17.7. The Kier molecular flexibility index (Phi) is 8.76. The number of ether oxygens (including phenoxy) is 1. The van der Waals surface area contributed by atoms with Crippen molar-refractivity contribution in [3.05, 3.63) is 96.1 Å². The average Bonchev–Trinajstić information content (AvgIpc) is 2.77. The SMILES string of the molecule is CCOc1cc(/C=C(\C#N)C(=O)Nc2cccc(Cl)c2C)cc(I)c1Cc1cc(C)cc(C)c1. The van der Waals surface area contributed by atoms with Gasteiger partial charge in [-0.15, -0.1) is 0 Å². The summed E-state index contributed by atoms with van der Waals surface area (Å²) in [6.07, 6.45) is 2.32. The molecule has 1 amide bonds. The van der Waals surface area contributed by atoms with Gasteiger partial charge in [-0.1, -0.05) is 47.0 Å². The number of carbonyl (C=O) groups is 1. The molecule has 0 aliphatic carbocycles. The number of benzene rings is 3. The van der Waals surface area contributed by atoms with E-state index in [1.54, 1.807) is 24.3 Å². The van der Waals surface area contributed by atoms with Crippen molar-refractivity contribution in [2.24, 2.45) is 0 Å². The molecule has 1 N–H and O–H groups in total. The van der Waals surface area contributed by atoms with Gasteiger partial charge < -0.3 is 10.1 Å². The second kappa shape index (κ2) is 11.5. The predicted octanol–water partition coefficient (Wildman–Crippen LogP) is 7.41. The van der Waals surface area contributed by atoms with E-state index < -0.39 is 5.91 Å². The highest BCUT2D eigenvalue weighted by molar-refractivity contribution is 14.1. The van der Waals surface area contributed by atoms with Crippen LogP contribution in [-0.4, -0.2) is 12.5 Å². The van der Waals surface area contributed by atoms with E-state index >= 15 is 0 Å². The van der Waals surface area contributed by atoms with Crippen LogP contribution in [0.3, 0.4) is 0 Å². The molecule has 0 radical (unpaired) electrons. The van der Waals surface area contributed by atoms with Crippen LogP contribution in [0.2, 0.25) is 5.02 Å². The van der Waals surface area contributed by atoms with E-state index in [9.17, 15) is 10.1 Å². The van der Waals surface area contributed by atoms with Crippen molar-refractivity contribution in [3.8, 4) is 11.8 Å². The third-order valence-corrected chi connectivity index (χ3v) is 6.70. The zero-order valence-electron chi connectivity index (χ0n) is 19.6. The van der Waals surface area contributed by atoms with Gasteiger partial charge in [-0.3, -0.25) is 4.79 Å². The summed E-state index contributed by atoms with van der Waals surface area (Å²) < 4.78 is 6.97. The molecule has 0 atom stereocenters. The number of hydrogen-bond acceptors (Lipinski definition) is 3. The Morgan fingerprint density at radius 1 is 1.15 bits per heavy atom. The fourth-order valence-electron chi connectivity index (χ4n) is 3.79. The molecule has 0 unspecified atom stereocenters. The molecule has 0 spiro atoms. The van der Waals surface area contributed by atoms with Gasteiger partial charge in [-0.05, 0) is 97.3 Å². The van der Waals surface area contributed by atoms with Crippen LogP contribution < -0.4 is 10.1 Å². The quantitative estimate of drug-likeness (QED) is 0.179. The van der Waals surface area contributed by atoms with Crippen molar-refractivity contribution in [1.29, 1.82) is 5.26 Å². The van der Waals surface area contributed by atoms with Gasteiger partial charge in [0.1, 0.15) is 17.4 Å². The number of nitrogens with zero attached hydrogens (tertiary/aromatic N) is 1. The molecule has 6 heteroatoms. The second-order valence-electron chi connectivity index (χ2n) is 8.12. The van der Waals surface area contributed by atoms with Crippen molar-refractivity contribution < 1.29 is 9.53 Å². The molecule has 0 heterocycles. The molecular weight excluding hydrogens is 559 g/mol. The third kappa shape index (κ3) is 6.40. The van der Waals surface area contributed by atoms with E-state index in [2.05, 4.69) is 60.0 Å². The molecule has 34 heavy (non-hydrogen) atoms. The topological polar surface area (TPSA) is 62.1 Å². The van der Waals surface area contributed by atoms with Crippen LogP contribution in [0.1, 0.15) is 40.3 Å². The predicted molar refractivity (Wildman–Crippen MR) is 147 cm³/mol. The number of amides is 1. The fraction of sp³-hybridized carbons (Fsp3) is 0.214. The normalized spacial score (nSPS) is 11.1. The van der Waals surface area contributed by atoms with Gasteiger partial charge in [-0.25, -0.2) is 0 Å². The van der Waals surface area contributed by atoms with E-state index in [1.165, 1.54) is 16.7 Å². The summed E-state index contributed by atoms with van der Waals surface area (Å²) in [5, 5.41) is 13.0. The molecular formula is C28H26ClIN2O2. The zero-order valence-corrected chi connectivity index (χ0v) is 22.5. The number of carbonyl (C=O) groups excluding carboxylic acids is 1. The van der Waals surface area contributed by atoms with Crippen LogP contribution in [0.4, 0.5) is 5.69 Å². The van der Waals surface area contributed by atoms with E-state index in [4.69, 9.17) is 16.3 Å². The molecule has 0 fully saturated rings. The molecule has 3 rings (SSSR count). The largest absolute Gasteiger partial charge is 0.494 e. The van der Waals surface area contributed by atoms with Gasteiger partial charge in [0, 0.05) is 26.3 Å². The van der Waals surface area contributed by atoms with Gasteiger partial charge >= 0.3 is 0 Å². The second-order valence-corrected chi connectivity index (χ2v) is 9.69. The Balaban J connectivity index is 1.94. The van der Waals surface area contributed by atoms with Gasteiger partial charge in [0.25, 0.3) is 5.91 Å². The number of nitrogens with one attached hydrogen (secondary N) is 1.